The fourth-order valence-corrected chi connectivity index (χ4v) is 2.85. The minimum atomic E-state index is 0.462. The summed E-state index contributed by atoms with van der Waals surface area (Å²) in [6.07, 6.45) is 2.41. The third-order valence-electron chi connectivity index (χ3n) is 3.86. The molecular formula is C14H19N3. The van der Waals surface area contributed by atoms with E-state index in [1.165, 1.54) is 24.0 Å². The zero-order valence-electron chi connectivity index (χ0n) is 10.5. The van der Waals surface area contributed by atoms with Crippen molar-refractivity contribution >= 4 is 11.6 Å². The van der Waals surface area contributed by atoms with Crippen LogP contribution in [0.2, 0.25) is 0 Å². The standard InChI is InChI=1S/C14H19N3/c1-9(2)10-5-6-11-12(8-10)16-14(15)17-7-3-4-13(11)17/h5-6,8-9,13H,3-4,7H2,1-2H3,(H2,15,16). The van der Waals surface area contributed by atoms with Crippen LogP contribution in [-0.4, -0.2) is 17.4 Å². The first kappa shape index (κ1) is 10.6. The molecule has 2 N–H and O–H groups in total. The Morgan fingerprint density at radius 2 is 2.24 bits per heavy atom. The van der Waals surface area contributed by atoms with Crippen LogP contribution in [0.1, 0.15) is 49.8 Å². The first-order valence-corrected chi connectivity index (χ1v) is 6.41. The van der Waals surface area contributed by atoms with Crippen molar-refractivity contribution < 1.29 is 0 Å². The molecule has 1 unspecified atom stereocenters. The van der Waals surface area contributed by atoms with Crippen molar-refractivity contribution in [2.75, 3.05) is 6.54 Å². The number of hydrogen-bond acceptors (Lipinski definition) is 3. The number of nitrogens with two attached hydrogens (primary N) is 1. The van der Waals surface area contributed by atoms with Gasteiger partial charge in [-0.15, -0.1) is 0 Å². The summed E-state index contributed by atoms with van der Waals surface area (Å²) in [5.41, 5.74) is 9.81. The molecule has 1 fully saturated rings. The van der Waals surface area contributed by atoms with Gasteiger partial charge in [0.15, 0.2) is 5.96 Å². The van der Waals surface area contributed by atoms with Crippen molar-refractivity contribution in [1.29, 1.82) is 0 Å². The number of aliphatic imine (C=N–C) groups is 1. The molecule has 0 spiro atoms. The molecule has 0 amide bonds. The maximum absolute atomic E-state index is 6.04. The lowest BCUT2D eigenvalue weighted by atomic mass is 9.95. The third kappa shape index (κ3) is 1.61. The van der Waals surface area contributed by atoms with E-state index >= 15 is 0 Å². The Morgan fingerprint density at radius 1 is 1.41 bits per heavy atom. The van der Waals surface area contributed by atoms with Crippen LogP contribution in [0.3, 0.4) is 0 Å². The van der Waals surface area contributed by atoms with Crippen molar-refractivity contribution in [1.82, 2.24) is 4.90 Å². The van der Waals surface area contributed by atoms with Gasteiger partial charge in [-0.1, -0.05) is 26.0 Å². The topological polar surface area (TPSA) is 41.6 Å². The minimum Gasteiger partial charge on any atom is -0.369 e. The summed E-state index contributed by atoms with van der Waals surface area (Å²) in [6.45, 7) is 5.46. The number of guanidine groups is 1. The minimum absolute atomic E-state index is 0.462. The molecule has 1 aromatic carbocycles. The summed E-state index contributed by atoms with van der Waals surface area (Å²) in [5, 5.41) is 0. The monoisotopic (exact) mass is 229 g/mol. The predicted octanol–water partition coefficient (Wildman–Crippen LogP) is 2.91. The number of fused-ring (bicyclic) bond motifs is 3. The molecule has 2 aliphatic rings. The van der Waals surface area contributed by atoms with Crippen LogP contribution in [0.25, 0.3) is 0 Å². The maximum Gasteiger partial charge on any atom is 0.197 e. The molecule has 17 heavy (non-hydrogen) atoms. The number of nitrogens with zero attached hydrogens (tertiary/aromatic N) is 2. The summed E-state index contributed by atoms with van der Waals surface area (Å²) < 4.78 is 0. The number of hydrogen-bond donors (Lipinski definition) is 1. The van der Waals surface area contributed by atoms with Gasteiger partial charge in [-0.3, -0.25) is 0 Å². The summed E-state index contributed by atoms with van der Waals surface area (Å²) in [6, 6.07) is 7.13. The molecule has 3 heteroatoms. The summed E-state index contributed by atoms with van der Waals surface area (Å²) >= 11 is 0. The van der Waals surface area contributed by atoms with Crippen molar-refractivity contribution in [3.63, 3.8) is 0 Å². The predicted molar refractivity (Wildman–Crippen MR) is 70.5 cm³/mol. The van der Waals surface area contributed by atoms with Gasteiger partial charge < -0.3 is 10.6 Å². The van der Waals surface area contributed by atoms with Crippen LogP contribution in [-0.2, 0) is 0 Å². The molecule has 3 rings (SSSR count). The Hall–Kier alpha value is -1.51. The normalized spacial score (nSPS) is 22.4. The lowest BCUT2D eigenvalue weighted by molar-refractivity contribution is 0.390. The van der Waals surface area contributed by atoms with E-state index in [1.807, 2.05) is 0 Å². The molecular weight excluding hydrogens is 210 g/mol. The Bertz CT molecular complexity index is 476. The Kier molecular flexibility index (Phi) is 2.35. The molecule has 2 heterocycles. The van der Waals surface area contributed by atoms with Crippen molar-refractivity contribution in [3.05, 3.63) is 29.3 Å². The molecule has 0 bridgehead atoms. The Labute approximate surface area is 102 Å². The summed E-state index contributed by atoms with van der Waals surface area (Å²) in [4.78, 5) is 6.79. The van der Waals surface area contributed by atoms with Crippen molar-refractivity contribution in [3.8, 4) is 0 Å². The summed E-state index contributed by atoms with van der Waals surface area (Å²) in [7, 11) is 0. The van der Waals surface area contributed by atoms with E-state index in [4.69, 9.17) is 5.73 Å². The second kappa shape index (κ2) is 3.76. The average molecular weight is 229 g/mol. The third-order valence-corrected chi connectivity index (χ3v) is 3.86. The van der Waals surface area contributed by atoms with Crippen molar-refractivity contribution in [2.45, 2.75) is 38.6 Å². The highest BCUT2D eigenvalue weighted by molar-refractivity contribution is 5.84. The van der Waals surface area contributed by atoms with E-state index in [2.05, 4.69) is 41.9 Å². The fraction of sp³-hybridized carbons (Fsp3) is 0.500. The zero-order valence-corrected chi connectivity index (χ0v) is 10.5. The largest absolute Gasteiger partial charge is 0.369 e. The highest BCUT2D eigenvalue weighted by Gasteiger charge is 2.32. The molecule has 2 aliphatic heterocycles. The highest BCUT2D eigenvalue weighted by Crippen LogP contribution is 2.41. The maximum atomic E-state index is 6.04. The second-order valence-electron chi connectivity index (χ2n) is 5.29. The SMILES string of the molecule is CC(C)c1ccc2c(c1)N=C(N)N1CCCC21. The number of benzene rings is 1. The van der Waals surface area contributed by atoms with E-state index in [9.17, 15) is 0 Å². The quantitative estimate of drug-likeness (QED) is 0.804. The van der Waals surface area contributed by atoms with Gasteiger partial charge in [0.25, 0.3) is 0 Å². The van der Waals surface area contributed by atoms with E-state index in [0.717, 1.165) is 12.2 Å². The molecule has 3 nitrogen and oxygen atoms in total. The molecule has 0 saturated carbocycles. The van der Waals surface area contributed by atoms with Crippen LogP contribution in [0, 0.1) is 0 Å². The van der Waals surface area contributed by atoms with Crippen LogP contribution in [0.15, 0.2) is 23.2 Å². The van der Waals surface area contributed by atoms with Crippen molar-refractivity contribution in [2.24, 2.45) is 10.7 Å². The Balaban J connectivity index is 2.09. The molecule has 0 aliphatic carbocycles. The van der Waals surface area contributed by atoms with Gasteiger partial charge in [-0.05, 0) is 30.4 Å². The lowest BCUT2D eigenvalue weighted by Crippen LogP contribution is -2.38. The first-order valence-electron chi connectivity index (χ1n) is 6.41. The van der Waals surface area contributed by atoms with Crippen LogP contribution in [0.4, 0.5) is 5.69 Å². The Morgan fingerprint density at radius 3 is 3.00 bits per heavy atom. The van der Waals surface area contributed by atoms with Gasteiger partial charge in [0.1, 0.15) is 0 Å². The lowest BCUT2D eigenvalue weighted by Gasteiger charge is -2.31. The van der Waals surface area contributed by atoms with E-state index in [0.29, 0.717) is 17.9 Å². The van der Waals surface area contributed by atoms with Gasteiger partial charge in [-0.2, -0.15) is 0 Å². The smallest absolute Gasteiger partial charge is 0.197 e. The first-order chi connectivity index (χ1) is 8.16. The van der Waals surface area contributed by atoms with Gasteiger partial charge in [-0.25, -0.2) is 4.99 Å². The molecule has 1 saturated heterocycles. The summed E-state index contributed by atoms with van der Waals surface area (Å²) in [5.74, 6) is 1.24. The van der Waals surface area contributed by atoms with Gasteiger partial charge in [0, 0.05) is 12.1 Å². The van der Waals surface area contributed by atoms with Crippen LogP contribution < -0.4 is 5.73 Å². The van der Waals surface area contributed by atoms with E-state index in [1.54, 1.807) is 0 Å². The van der Waals surface area contributed by atoms with Gasteiger partial charge in [0.2, 0.25) is 0 Å². The fourth-order valence-electron chi connectivity index (χ4n) is 2.85. The molecule has 1 aromatic rings. The molecule has 0 aromatic heterocycles. The van der Waals surface area contributed by atoms with E-state index in [-0.39, 0.29) is 0 Å². The molecule has 90 valence electrons. The highest BCUT2D eigenvalue weighted by atomic mass is 15.3. The van der Waals surface area contributed by atoms with Crippen LogP contribution in [0.5, 0.6) is 0 Å². The van der Waals surface area contributed by atoms with Crippen LogP contribution >= 0.6 is 0 Å². The van der Waals surface area contributed by atoms with Gasteiger partial charge in [0.05, 0.1) is 11.7 Å². The van der Waals surface area contributed by atoms with Gasteiger partial charge >= 0.3 is 0 Å². The number of rotatable bonds is 1. The molecule has 0 radical (unpaired) electrons. The molecule has 1 atom stereocenters. The van der Waals surface area contributed by atoms with E-state index < -0.39 is 0 Å². The average Bonchev–Trinajstić information content (AvgIpc) is 2.78. The second-order valence-corrected chi connectivity index (χ2v) is 5.29. The zero-order chi connectivity index (χ0) is 12.0.